The minimum Gasteiger partial charge on any atom is -0.357 e. The summed E-state index contributed by atoms with van der Waals surface area (Å²) in [5.41, 5.74) is 2.09. The molecule has 1 N–H and O–H groups in total. The second kappa shape index (κ2) is 7.72. The van der Waals surface area contributed by atoms with Crippen molar-refractivity contribution < 1.29 is 8.42 Å². The summed E-state index contributed by atoms with van der Waals surface area (Å²) in [5, 5.41) is 7.51. The van der Waals surface area contributed by atoms with E-state index < -0.39 is 14.6 Å². The Bertz CT molecular complexity index is 887. The van der Waals surface area contributed by atoms with Gasteiger partial charge in [-0.2, -0.15) is 5.10 Å². The number of hydrogen-bond donors (Lipinski definition) is 1. The Balaban J connectivity index is 1.72. The third-order valence-corrected chi connectivity index (χ3v) is 7.33. The van der Waals surface area contributed by atoms with Crippen molar-refractivity contribution in [2.24, 2.45) is 4.99 Å². The maximum Gasteiger partial charge on any atom is 0.194 e. The minimum absolute atomic E-state index is 0.156. The third kappa shape index (κ3) is 4.32. The molecule has 3 rings (SSSR count). The fourth-order valence-corrected chi connectivity index (χ4v) is 4.46. The van der Waals surface area contributed by atoms with Crippen LogP contribution in [-0.2, 0) is 16.4 Å². The van der Waals surface area contributed by atoms with Crippen molar-refractivity contribution in [3.8, 4) is 5.69 Å². The summed E-state index contributed by atoms with van der Waals surface area (Å²) in [7, 11) is -3.07. The molecule has 0 unspecified atom stereocenters. The Morgan fingerprint density at radius 2 is 2.04 bits per heavy atom. The second-order valence-electron chi connectivity index (χ2n) is 7.29. The highest BCUT2D eigenvalue weighted by molar-refractivity contribution is 7.92. The third-order valence-electron chi connectivity index (χ3n) is 4.79. The van der Waals surface area contributed by atoms with Gasteiger partial charge >= 0.3 is 0 Å². The molecule has 0 atom stereocenters. The van der Waals surface area contributed by atoms with Crippen molar-refractivity contribution in [2.45, 2.75) is 32.1 Å². The first-order chi connectivity index (χ1) is 12.8. The maximum atomic E-state index is 12.2. The number of guanidine groups is 1. The molecule has 146 valence electrons. The number of benzene rings is 1. The van der Waals surface area contributed by atoms with Crippen LogP contribution < -0.4 is 5.32 Å². The zero-order valence-electron chi connectivity index (χ0n) is 16.1. The van der Waals surface area contributed by atoms with E-state index in [9.17, 15) is 8.42 Å². The molecule has 0 radical (unpaired) electrons. The summed E-state index contributed by atoms with van der Waals surface area (Å²) in [6.45, 7) is 7.76. The van der Waals surface area contributed by atoms with Crippen LogP contribution in [0.5, 0.6) is 0 Å². The quantitative estimate of drug-likeness (QED) is 0.638. The fraction of sp³-hybridized carbons (Fsp3) is 0.474. The predicted molar refractivity (Wildman–Crippen MR) is 108 cm³/mol. The van der Waals surface area contributed by atoms with E-state index in [1.807, 2.05) is 53.0 Å². The molecular weight excluding hydrogens is 362 g/mol. The second-order valence-corrected chi connectivity index (χ2v) is 10.0. The van der Waals surface area contributed by atoms with E-state index in [1.54, 1.807) is 20.0 Å². The molecule has 1 fully saturated rings. The molecule has 1 aromatic heterocycles. The molecule has 1 aromatic carbocycles. The van der Waals surface area contributed by atoms with Crippen LogP contribution in [0.1, 0.15) is 26.3 Å². The van der Waals surface area contributed by atoms with E-state index in [2.05, 4.69) is 10.4 Å². The maximum absolute atomic E-state index is 12.2. The van der Waals surface area contributed by atoms with Crippen molar-refractivity contribution in [3.05, 3.63) is 48.3 Å². The largest absolute Gasteiger partial charge is 0.357 e. The molecule has 2 aromatic rings. The first-order valence-electron chi connectivity index (χ1n) is 9.17. The smallest absolute Gasteiger partial charge is 0.194 e. The average molecular weight is 390 g/mol. The van der Waals surface area contributed by atoms with Gasteiger partial charge in [0.2, 0.25) is 0 Å². The Labute approximate surface area is 161 Å². The topological polar surface area (TPSA) is 79.6 Å². The predicted octanol–water partition coefficient (Wildman–Crippen LogP) is 1.85. The van der Waals surface area contributed by atoms with Gasteiger partial charge in [-0.05, 0) is 44.5 Å². The number of hydrogen-bond acceptors (Lipinski definition) is 4. The zero-order valence-corrected chi connectivity index (χ0v) is 16.9. The lowest BCUT2D eigenvalue weighted by molar-refractivity contribution is 0.353. The number of nitrogens with one attached hydrogen (secondary N) is 1. The van der Waals surface area contributed by atoms with Gasteiger partial charge in [0, 0.05) is 32.0 Å². The van der Waals surface area contributed by atoms with Crippen molar-refractivity contribution >= 4 is 15.8 Å². The average Bonchev–Trinajstić information content (AvgIpc) is 3.16. The lowest BCUT2D eigenvalue weighted by Crippen LogP contribution is -2.57. The number of aromatic nitrogens is 2. The van der Waals surface area contributed by atoms with Gasteiger partial charge in [0.15, 0.2) is 15.8 Å². The van der Waals surface area contributed by atoms with E-state index in [4.69, 9.17) is 4.99 Å². The SMILES string of the molecule is CCNC(=NCc1ccc(-n2cccn2)cc1)N1CCS(=O)(=O)C(C)(C)C1. The highest BCUT2D eigenvalue weighted by atomic mass is 32.2. The number of rotatable bonds is 4. The Morgan fingerprint density at radius 1 is 1.30 bits per heavy atom. The molecular formula is C19H27N5O2S. The molecule has 0 aliphatic carbocycles. The van der Waals surface area contributed by atoms with Gasteiger partial charge in [-0.1, -0.05) is 12.1 Å². The van der Waals surface area contributed by atoms with Gasteiger partial charge in [-0.3, -0.25) is 0 Å². The van der Waals surface area contributed by atoms with Crippen LogP contribution in [0, 0.1) is 0 Å². The van der Waals surface area contributed by atoms with Crippen molar-refractivity contribution in [1.82, 2.24) is 20.0 Å². The molecule has 1 saturated heterocycles. The molecule has 7 nitrogen and oxygen atoms in total. The monoisotopic (exact) mass is 389 g/mol. The van der Waals surface area contributed by atoms with E-state index in [1.165, 1.54) is 0 Å². The summed E-state index contributed by atoms with van der Waals surface area (Å²) in [6, 6.07) is 9.99. The number of nitrogens with zero attached hydrogens (tertiary/aromatic N) is 4. The van der Waals surface area contributed by atoms with E-state index in [0.717, 1.165) is 23.8 Å². The first kappa shape index (κ1) is 19.4. The highest BCUT2D eigenvalue weighted by Gasteiger charge is 2.40. The normalized spacial score (nSPS) is 19.1. The highest BCUT2D eigenvalue weighted by Crippen LogP contribution is 2.23. The molecule has 0 saturated carbocycles. The number of aliphatic imine (C=N–C) groups is 1. The van der Waals surface area contributed by atoms with Crippen LogP contribution in [-0.4, -0.2) is 59.2 Å². The van der Waals surface area contributed by atoms with Gasteiger partial charge in [0.05, 0.1) is 22.7 Å². The molecule has 2 heterocycles. The van der Waals surface area contributed by atoms with Gasteiger partial charge in [0.25, 0.3) is 0 Å². The van der Waals surface area contributed by atoms with Crippen molar-refractivity contribution in [1.29, 1.82) is 0 Å². The standard InChI is InChI=1S/C19H27N5O2S/c1-4-20-18(23-12-13-27(25,26)19(2,3)15-23)21-14-16-6-8-17(9-7-16)24-11-5-10-22-24/h5-11H,4,12-15H2,1-3H3,(H,20,21). The van der Waals surface area contributed by atoms with Crippen LogP contribution >= 0.6 is 0 Å². The molecule has 0 spiro atoms. The molecule has 0 amide bonds. The van der Waals surface area contributed by atoms with Crippen LogP contribution in [0.4, 0.5) is 0 Å². The molecule has 0 bridgehead atoms. The van der Waals surface area contributed by atoms with Gasteiger partial charge < -0.3 is 10.2 Å². The lowest BCUT2D eigenvalue weighted by atomic mass is 10.2. The van der Waals surface area contributed by atoms with E-state index >= 15 is 0 Å². The summed E-state index contributed by atoms with van der Waals surface area (Å²) in [5.74, 6) is 0.917. The molecule has 1 aliphatic rings. The van der Waals surface area contributed by atoms with Crippen LogP contribution in [0.2, 0.25) is 0 Å². The van der Waals surface area contributed by atoms with Crippen molar-refractivity contribution in [3.63, 3.8) is 0 Å². The Hall–Kier alpha value is -2.35. The van der Waals surface area contributed by atoms with Crippen LogP contribution in [0.15, 0.2) is 47.7 Å². The summed E-state index contributed by atoms with van der Waals surface area (Å²) < 4.78 is 25.5. The zero-order chi connectivity index (χ0) is 19.5. The van der Waals surface area contributed by atoms with Gasteiger partial charge in [0.1, 0.15) is 0 Å². The number of sulfone groups is 1. The van der Waals surface area contributed by atoms with Crippen LogP contribution in [0.25, 0.3) is 5.69 Å². The molecule has 8 heteroatoms. The Morgan fingerprint density at radius 3 is 2.63 bits per heavy atom. The fourth-order valence-electron chi connectivity index (χ4n) is 3.09. The van der Waals surface area contributed by atoms with E-state index in [0.29, 0.717) is 19.6 Å². The van der Waals surface area contributed by atoms with E-state index in [-0.39, 0.29) is 5.75 Å². The van der Waals surface area contributed by atoms with Crippen LogP contribution in [0.3, 0.4) is 0 Å². The van der Waals surface area contributed by atoms with Crippen molar-refractivity contribution in [2.75, 3.05) is 25.4 Å². The van der Waals surface area contributed by atoms with Gasteiger partial charge in [-0.15, -0.1) is 0 Å². The first-order valence-corrected chi connectivity index (χ1v) is 10.8. The summed E-state index contributed by atoms with van der Waals surface area (Å²) in [6.07, 6.45) is 3.66. The van der Waals surface area contributed by atoms with Gasteiger partial charge in [-0.25, -0.2) is 18.1 Å². The summed E-state index contributed by atoms with van der Waals surface area (Å²) >= 11 is 0. The summed E-state index contributed by atoms with van der Waals surface area (Å²) in [4.78, 5) is 6.77. The molecule has 1 aliphatic heterocycles. The minimum atomic E-state index is -3.07. The lowest BCUT2D eigenvalue weighted by Gasteiger charge is -2.39. The molecule has 27 heavy (non-hydrogen) atoms. The Kier molecular flexibility index (Phi) is 5.55.